The molecule has 1 amide bonds. The van der Waals surface area contributed by atoms with Gasteiger partial charge in [-0.25, -0.2) is 0 Å². The van der Waals surface area contributed by atoms with E-state index in [0.717, 1.165) is 0 Å². The van der Waals surface area contributed by atoms with Crippen LogP contribution in [0.1, 0.15) is 0 Å². The molecule has 1 aromatic rings. The van der Waals surface area contributed by atoms with Crippen LogP contribution < -0.4 is 10.1 Å². The van der Waals surface area contributed by atoms with Crippen molar-refractivity contribution < 1.29 is 14.5 Å². The van der Waals surface area contributed by atoms with Crippen LogP contribution in [-0.4, -0.2) is 21.3 Å². The molecular weight excluding hydrogens is 362 g/mol. The van der Waals surface area contributed by atoms with Crippen molar-refractivity contribution in [2.24, 2.45) is 0 Å². The maximum Gasteiger partial charge on any atom is 0.271 e. The van der Waals surface area contributed by atoms with Gasteiger partial charge < -0.3 is 10.1 Å². The average molecular weight is 371 g/mol. The summed E-state index contributed by atoms with van der Waals surface area (Å²) in [5.41, 5.74) is 0.109. The Labute approximate surface area is 116 Å². The highest BCUT2D eigenvalue weighted by Crippen LogP contribution is 2.29. The number of nitrogens with zero attached hydrogens (tertiary/aromatic N) is 1. The van der Waals surface area contributed by atoms with Crippen molar-refractivity contribution in [3.05, 3.63) is 28.3 Å². The Bertz CT molecular complexity index is 441. The summed E-state index contributed by atoms with van der Waals surface area (Å²) < 4.78 is 5.58. The number of hydrogen-bond donors (Lipinski definition) is 1. The summed E-state index contributed by atoms with van der Waals surface area (Å²) in [5, 5.41) is 13.0. The molecule has 17 heavy (non-hydrogen) atoms. The quantitative estimate of drug-likeness (QED) is 0.374. The zero-order chi connectivity index (χ0) is 12.8. The van der Waals surface area contributed by atoms with E-state index in [2.05, 4.69) is 5.32 Å². The van der Waals surface area contributed by atoms with Crippen LogP contribution in [-0.2, 0) is 4.79 Å². The summed E-state index contributed by atoms with van der Waals surface area (Å²) in [5.74, 6) is -0.319. The second kappa shape index (κ2) is 6.60. The van der Waals surface area contributed by atoms with E-state index in [1.54, 1.807) is 0 Å². The van der Waals surface area contributed by atoms with Gasteiger partial charge in [-0.05, 0) is 28.7 Å². The summed E-state index contributed by atoms with van der Waals surface area (Å²) in [6.07, 6.45) is 0. The van der Waals surface area contributed by atoms with E-state index in [0.29, 0.717) is 10.4 Å². The zero-order valence-electron chi connectivity index (χ0n) is 8.48. The lowest BCUT2D eigenvalue weighted by molar-refractivity contribution is -0.384. The zero-order valence-corrected chi connectivity index (χ0v) is 11.4. The Hall–Kier alpha value is -1.09. The number of ether oxygens (including phenoxy) is 1. The Kier molecular flexibility index (Phi) is 5.42. The van der Waals surface area contributed by atoms with Gasteiger partial charge >= 0.3 is 0 Å². The van der Waals surface area contributed by atoms with Crippen molar-refractivity contribution >= 4 is 51.5 Å². The minimum atomic E-state index is -0.551. The van der Waals surface area contributed by atoms with Gasteiger partial charge in [-0.1, -0.05) is 0 Å². The summed E-state index contributed by atoms with van der Waals surface area (Å²) in [7, 11) is 0. The normalized spacial score (nSPS) is 9.76. The smallest absolute Gasteiger partial charge is 0.271 e. The molecule has 0 heterocycles. The van der Waals surface area contributed by atoms with Gasteiger partial charge in [-0.3, -0.25) is 14.9 Å². The molecule has 1 N–H and O–H groups in total. The van der Waals surface area contributed by atoms with Gasteiger partial charge in [0.05, 0.1) is 10.6 Å². The molecule has 0 atom stereocenters. The SMILES string of the molecule is O=C(CCl)Nc1cc([N+](=O)[O-])ccc1OCI. The highest BCUT2D eigenvalue weighted by atomic mass is 127. The number of hydrogen-bond acceptors (Lipinski definition) is 4. The molecule has 92 valence electrons. The van der Waals surface area contributed by atoms with Crippen molar-refractivity contribution in [1.29, 1.82) is 0 Å². The van der Waals surface area contributed by atoms with Gasteiger partial charge in [0, 0.05) is 12.1 Å². The second-order valence-corrected chi connectivity index (χ2v) is 3.76. The Balaban J connectivity index is 3.06. The fourth-order valence-electron chi connectivity index (χ4n) is 1.10. The van der Waals surface area contributed by atoms with Crippen molar-refractivity contribution in [1.82, 2.24) is 0 Å². The van der Waals surface area contributed by atoms with E-state index in [4.69, 9.17) is 16.3 Å². The van der Waals surface area contributed by atoms with E-state index in [1.807, 2.05) is 22.6 Å². The maximum atomic E-state index is 11.1. The van der Waals surface area contributed by atoms with E-state index < -0.39 is 10.8 Å². The summed E-state index contributed by atoms with van der Waals surface area (Å²) in [6, 6.07) is 3.96. The number of amides is 1. The third kappa shape index (κ3) is 4.00. The first-order valence-corrected chi connectivity index (χ1v) is 6.47. The third-order valence-corrected chi connectivity index (χ3v) is 2.33. The van der Waals surface area contributed by atoms with Crippen LogP contribution in [0.3, 0.4) is 0 Å². The molecule has 0 spiro atoms. The van der Waals surface area contributed by atoms with E-state index >= 15 is 0 Å². The molecule has 0 aliphatic heterocycles. The van der Waals surface area contributed by atoms with Gasteiger partial charge in [0.15, 0.2) is 0 Å². The van der Waals surface area contributed by atoms with Crippen LogP contribution >= 0.6 is 34.2 Å². The summed E-state index contributed by atoms with van der Waals surface area (Å²) >= 11 is 7.32. The van der Waals surface area contributed by atoms with E-state index in [1.165, 1.54) is 18.2 Å². The van der Waals surface area contributed by atoms with Crippen LogP contribution in [0.4, 0.5) is 11.4 Å². The number of anilines is 1. The molecule has 8 heteroatoms. The number of nitrogens with one attached hydrogen (secondary N) is 1. The maximum absolute atomic E-state index is 11.1. The van der Waals surface area contributed by atoms with Gasteiger partial charge in [0.25, 0.3) is 5.69 Å². The predicted molar refractivity (Wildman–Crippen MR) is 72.0 cm³/mol. The standard InChI is InChI=1S/C9H8ClIN2O4/c10-4-9(14)12-7-3-6(13(15)16)1-2-8(7)17-5-11/h1-3H,4-5H2,(H,12,14). The number of benzene rings is 1. The monoisotopic (exact) mass is 370 g/mol. The number of nitro benzene ring substituents is 1. The highest BCUT2D eigenvalue weighted by Gasteiger charge is 2.13. The molecule has 1 aromatic carbocycles. The molecule has 6 nitrogen and oxygen atoms in total. The van der Waals surface area contributed by atoms with Crippen molar-refractivity contribution in [3.8, 4) is 5.75 Å². The number of carbonyl (C=O) groups is 1. The molecule has 0 aliphatic rings. The van der Waals surface area contributed by atoms with Crippen molar-refractivity contribution in [2.75, 3.05) is 15.8 Å². The average Bonchev–Trinajstić information content (AvgIpc) is 2.31. The van der Waals surface area contributed by atoms with Gasteiger partial charge in [0.2, 0.25) is 5.91 Å². The first-order chi connectivity index (χ1) is 8.08. The first-order valence-electron chi connectivity index (χ1n) is 4.41. The van der Waals surface area contributed by atoms with Crippen LogP contribution in [0.2, 0.25) is 0 Å². The Morgan fingerprint density at radius 1 is 1.59 bits per heavy atom. The molecule has 0 saturated heterocycles. The largest absolute Gasteiger partial charge is 0.481 e. The highest BCUT2D eigenvalue weighted by molar-refractivity contribution is 14.1. The molecule has 0 aliphatic carbocycles. The number of halogens is 2. The molecule has 0 aromatic heterocycles. The van der Waals surface area contributed by atoms with Crippen LogP contribution in [0.25, 0.3) is 0 Å². The fraction of sp³-hybridized carbons (Fsp3) is 0.222. The molecule has 0 unspecified atom stereocenters. The molecule has 0 bridgehead atoms. The fourth-order valence-corrected chi connectivity index (χ4v) is 1.50. The van der Waals surface area contributed by atoms with E-state index in [9.17, 15) is 14.9 Å². The third-order valence-electron chi connectivity index (χ3n) is 1.78. The predicted octanol–water partition coefficient (Wildman–Crippen LogP) is 2.54. The lowest BCUT2D eigenvalue weighted by atomic mass is 10.2. The lowest BCUT2D eigenvalue weighted by Gasteiger charge is -2.09. The van der Waals surface area contributed by atoms with Crippen LogP contribution in [0.5, 0.6) is 5.75 Å². The minimum absolute atomic E-state index is 0.129. The minimum Gasteiger partial charge on any atom is -0.481 e. The Morgan fingerprint density at radius 2 is 2.29 bits per heavy atom. The summed E-state index contributed by atoms with van der Waals surface area (Å²) in [6.45, 7) is 0. The van der Waals surface area contributed by atoms with Crippen molar-refractivity contribution in [2.45, 2.75) is 0 Å². The van der Waals surface area contributed by atoms with Crippen LogP contribution in [0.15, 0.2) is 18.2 Å². The second-order valence-electron chi connectivity index (χ2n) is 2.87. The molecular formula is C9H8ClIN2O4. The molecule has 1 rings (SSSR count). The van der Waals surface area contributed by atoms with E-state index in [-0.39, 0.29) is 17.3 Å². The molecule has 0 saturated carbocycles. The number of nitro groups is 1. The number of non-ortho nitro benzene ring substituents is 1. The summed E-state index contributed by atoms with van der Waals surface area (Å²) in [4.78, 5) is 21.2. The van der Waals surface area contributed by atoms with Crippen LogP contribution in [0, 0.1) is 10.1 Å². The van der Waals surface area contributed by atoms with Crippen molar-refractivity contribution in [3.63, 3.8) is 0 Å². The van der Waals surface area contributed by atoms with Gasteiger partial charge in [0.1, 0.15) is 16.2 Å². The lowest BCUT2D eigenvalue weighted by Crippen LogP contribution is -2.13. The molecule has 0 fully saturated rings. The van der Waals surface area contributed by atoms with Gasteiger partial charge in [-0.15, -0.1) is 11.6 Å². The Morgan fingerprint density at radius 3 is 2.82 bits per heavy atom. The number of alkyl halides is 2. The van der Waals surface area contributed by atoms with Gasteiger partial charge in [-0.2, -0.15) is 0 Å². The number of rotatable bonds is 5. The number of carbonyl (C=O) groups excluding carboxylic acids is 1. The first kappa shape index (κ1) is 14.0. The topological polar surface area (TPSA) is 81.5 Å². The molecule has 0 radical (unpaired) electrons.